The Balaban J connectivity index is 1.93. The van der Waals surface area contributed by atoms with Gasteiger partial charge in [-0.1, -0.05) is 5.92 Å². The molecule has 2 fully saturated rings. The van der Waals surface area contributed by atoms with E-state index in [9.17, 15) is 0 Å². The lowest BCUT2D eigenvalue weighted by Gasteiger charge is -2.45. The largest absolute Gasteiger partial charge is 0.303 e. The van der Waals surface area contributed by atoms with Gasteiger partial charge in [0, 0.05) is 19.1 Å². The Bertz CT molecular complexity index is 231. The zero-order valence-corrected chi connectivity index (χ0v) is 9.08. The van der Waals surface area contributed by atoms with E-state index < -0.39 is 0 Å². The molecule has 2 rings (SSSR count). The third-order valence-corrected chi connectivity index (χ3v) is 3.74. The SMILES string of the molecule is C#CCN1CCC2C(CCCN2C)C1. The standard InChI is InChI=1S/C12H20N2/c1-3-7-14-9-6-12-11(10-14)5-4-8-13(12)2/h1,11-12H,4-10H2,2H3. The van der Waals surface area contributed by atoms with Crippen molar-refractivity contribution in [1.82, 2.24) is 9.80 Å². The van der Waals surface area contributed by atoms with Gasteiger partial charge in [-0.2, -0.15) is 0 Å². The molecule has 2 heteroatoms. The molecule has 0 aromatic carbocycles. The van der Waals surface area contributed by atoms with Crippen molar-refractivity contribution >= 4 is 0 Å². The summed E-state index contributed by atoms with van der Waals surface area (Å²) in [5.74, 6) is 3.63. The summed E-state index contributed by atoms with van der Waals surface area (Å²) in [6, 6.07) is 0.831. The molecule has 0 aromatic rings. The van der Waals surface area contributed by atoms with Crippen LogP contribution in [0.5, 0.6) is 0 Å². The summed E-state index contributed by atoms with van der Waals surface area (Å²) in [4.78, 5) is 4.97. The Hall–Kier alpha value is -0.520. The van der Waals surface area contributed by atoms with Crippen LogP contribution in [-0.4, -0.2) is 49.1 Å². The van der Waals surface area contributed by atoms with Crippen LogP contribution in [0.3, 0.4) is 0 Å². The number of terminal acetylenes is 1. The van der Waals surface area contributed by atoms with Crippen LogP contribution >= 0.6 is 0 Å². The Labute approximate surface area is 87.3 Å². The maximum absolute atomic E-state index is 5.35. The highest BCUT2D eigenvalue weighted by atomic mass is 15.2. The predicted molar refractivity (Wildman–Crippen MR) is 59.0 cm³/mol. The fourth-order valence-corrected chi connectivity index (χ4v) is 3.00. The van der Waals surface area contributed by atoms with Gasteiger partial charge in [-0.25, -0.2) is 0 Å². The molecule has 0 N–H and O–H groups in total. The third kappa shape index (κ3) is 1.94. The van der Waals surface area contributed by atoms with Gasteiger partial charge in [-0.15, -0.1) is 6.42 Å². The molecule has 0 bridgehead atoms. The van der Waals surface area contributed by atoms with Gasteiger partial charge >= 0.3 is 0 Å². The maximum atomic E-state index is 5.35. The molecule has 0 aromatic heterocycles. The van der Waals surface area contributed by atoms with Gasteiger partial charge in [-0.05, 0) is 38.8 Å². The van der Waals surface area contributed by atoms with E-state index in [-0.39, 0.29) is 0 Å². The predicted octanol–water partition coefficient (Wildman–Crippen LogP) is 1.04. The molecule has 2 atom stereocenters. The van der Waals surface area contributed by atoms with Crippen LogP contribution in [0.1, 0.15) is 19.3 Å². The molecule has 2 unspecified atom stereocenters. The average Bonchev–Trinajstić information content (AvgIpc) is 2.18. The van der Waals surface area contributed by atoms with Crippen LogP contribution in [0.4, 0.5) is 0 Å². The van der Waals surface area contributed by atoms with Gasteiger partial charge in [-0.3, -0.25) is 4.90 Å². The summed E-state index contributed by atoms with van der Waals surface area (Å²) < 4.78 is 0. The van der Waals surface area contributed by atoms with Gasteiger partial charge in [0.1, 0.15) is 0 Å². The normalized spacial score (nSPS) is 34.9. The van der Waals surface area contributed by atoms with E-state index in [1.807, 2.05) is 0 Å². The van der Waals surface area contributed by atoms with Crippen molar-refractivity contribution in [2.45, 2.75) is 25.3 Å². The number of nitrogens with zero attached hydrogens (tertiary/aromatic N) is 2. The Morgan fingerprint density at radius 2 is 2.21 bits per heavy atom. The van der Waals surface area contributed by atoms with Crippen molar-refractivity contribution in [3.05, 3.63) is 0 Å². The third-order valence-electron chi connectivity index (χ3n) is 3.74. The van der Waals surface area contributed by atoms with E-state index in [2.05, 4.69) is 22.8 Å². The van der Waals surface area contributed by atoms with Crippen LogP contribution in [0, 0.1) is 18.3 Å². The van der Waals surface area contributed by atoms with E-state index in [0.29, 0.717) is 0 Å². The van der Waals surface area contributed by atoms with Crippen LogP contribution in [-0.2, 0) is 0 Å². The summed E-state index contributed by atoms with van der Waals surface area (Å²) in [6.45, 7) is 4.54. The number of fused-ring (bicyclic) bond motifs is 1. The van der Waals surface area contributed by atoms with Crippen LogP contribution < -0.4 is 0 Å². The number of likely N-dealkylation sites (tertiary alicyclic amines) is 2. The molecule has 0 spiro atoms. The quantitative estimate of drug-likeness (QED) is 0.573. The highest BCUT2D eigenvalue weighted by molar-refractivity contribution is 4.94. The molecule has 78 valence electrons. The van der Waals surface area contributed by atoms with E-state index in [1.165, 1.54) is 38.9 Å². The zero-order chi connectivity index (χ0) is 9.97. The number of hydrogen-bond donors (Lipinski definition) is 0. The fourth-order valence-electron chi connectivity index (χ4n) is 3.00. The second kappa shape index (κ2) is 4.33. The van der Waals surface area contributed by atoms with Crippen LogP contribution in [0.2, 0.25) is 0 Å². The van der Waals surface area contributed by atoms with Gasteiger partial charge in [0.15, 0.2) is 0 Å². The molecular weight excluding hydrogens is 172 g/mol. The maximum Gasteiger partial charge on any atom is 0.0599 e. The monoisotopic (exact) mass is 192 g/mol. The molecule has 14 heavy (non-hydrogen) atoms. The Morgan fingerprint density at radius 3 is 3.00 bits per heavy atom. The van der Waals surface area contributed by atoms with Crippen molar-refractivity contribution in [1.29, 1.82) is 0 Å². The summed E-state index contributed by atoms with van der Waals surface area (Å²) in [7, 11) is 2.27. The number of rotatable bonds is 1. The van der Waals surface area contributed by atoms with Crippen LogP contribution in [0.25, 0.3) is 0 Å². The molecule has 2 nitrogen and oxygen atoms in total. The highest BCUT2D eigenvalue weighted by Gasteiger charge is 2.33. The lowest BCUT2D eigenvalue weighted by molar-refractivity contribution is 0.0441. The Kier molecular flexibility index (Phi) is 3.10. The number of hydrogen-bond acceptors (Lipinski definition) is 2. The Morgan fingerprint density at radius 1 is 1.36 bits per heavy atom. The van der Waals surface area contributed by atoms with E-state index in [1.54, 1.807) is 0 Å². The molecule has 0 saturated carbocycles. The van der Waals surface area contributed by atoms with E-state index in [4.69, 9.17) is 6.42 Å². The van der Waals surface area contributed by atoms with Crippen molar-refractivity contribution in [2.24, 2.45) is 5.92 Å². The topological polar surface area (TPSA) is 6.48 Å². The van der Waals surface area contributed by atoms with Crippen molar-refractivity contribution in [3.63, 3.8) is 0 Å². The minimum absolute atomic E-state index is 0.831. The van der Waals surface area contributed by atoms with Crippen LogP contribution in [0.15, 0.2) is 0 Å². The molecule has 0 amide bonds. The second-order valence-corrected chi connectivity index (χ2v) is 4.68. The molecule has 0 aliphatic carbocycles. The first-order valence-corrected chi connectivity index (χ1v) is 5.67. The average molecular weight is 192 g/mol. The number of piperidine rings is 2. The summed E-state index contributed by atoms with van der Waals surface area (Å²) >= 11 is 0. The first-order chi connectivity index (χ1) is 6.81. The summed E-state index contributed by atoms with van der Waals surface area (Å²) in [5, 5.41) is 0. The molecular formula is C12H20N2. The fraction of sp³-hybridized carbons (Fsp3) is 0.833. The van der Waals surface area contributed by atoms with Gasteiger partial charge in [0.05, 0.1) is 6.54 Å². The van der Waals surface area contributed by atoms with E-state index >= 15 is 0 Å². The van der Waals surface area contributed by atoms with Gasteiger partial charge in [0.2, 0.25) is 0 Å². The van der Waals surface area contributed by atoms with Gasteiger partial charge < -0.3 is 4.90 Å². The molecule has 2 aliphatic heterocycles. The minimum Gasteiger partial charge on any atom is -0.303 e. The van der Waals surface area contributed by atoms with Crippen molar-refractivity contribution in [2.75, 3.05) is 33.2 Å². The molecule has 0 radical (unpaired) electrons. The van der Waals surface area contributed by atoms with Gasteiger partial charge in [0.25, 0.3) is 0 Å². The van der Waals surface area contributed by atoms with Crippen molar-refractivity contribution in [3.8, 4) is 12.3 Å². The summed E-state index contributed by atoms with van der Waals surface area (Å²) in [6.07, 6.45) is 9.42. The highest BCUT2D eigenvalue weighted by Crippen LogP contribution is 2.29. The molecule has 2 saturated heterocycles. The minimum atomic E-state index is 0.831. The lowest BCUT2D eigenvalue weighted by Crippen LogP contribution is -2.52. The molecule has 2 aliphatic rings. The van der Waals surface area contributed by atoms with Crippen molar-refractivity contribution < 1.29 is 0 Å². The molecule has 2 heterocycles. The first kappa shape index (κ1) is 10.0. The second-order valence-electron chi connectivity index (χ2n) is 4.68. The summed E-state index contributed by atoms with van der Waals surface area (Å²) in [5.41, 5.74) is 0. The smallest absolute Gasteiger partial charge is 0.0599 e. The van der Waals surface area contributed by atoms with E-state index in [0.717, 1.165) is 18.5 Å². The zero-order valence-electron chi connectivity index (χ0n) is 9.08. The lowest BCUT2D eigenvalue weighted by atomic mass is 9.84. The first-order valence-electron chi connectivity index (χ1n) is 5.67.